The van der Waals surface area contributed by atoms with Crippen LogP contribution in [0.5, 0.6) is 5.88 Å². The number of hydrogen-bond acceptors (Lipinski definition) is 3. The molecule has 1 aliphatic carbocycles. The topological polar surface area (TPSA) is 34.1 Å². The molecule has 1 aromatic carbocycles. The summed E-state index contributed by atoms with van der Waals surface area (Å²) >= 11 is 0. The fourth-order valence-electron chi connectivity index (χ4n) is 2.16. The molecule has 0 spiro atoms. The summed E-state index contributed by atoms with van der Waals surface area (Å²) in [6.07, 6.45) is 2.61. The van der Waals surface area contributed by atoms with Crippen molar-refractivity contribution in [1.82, 2.24) is 10.3 Å². The molecule has 3 rings (SSSR count). The Bertz CT molecular complexity index is 564. The lowest BCUT2D eigenvalue weighted by Gasteiger charge is -2.09. The van der Waals surface area contributed by atoms with Crippen molar-refractivity contribution in [2.45, 2.75) is 39.0 Å². The summed E-state index contributed by atoms with van der Waals surface area (Å²) < 4.78 is 5.80. The van der Waals surface area contributed by atoms with Crippen molar-refractivity contribution in [2.24, 2.45) is 0 Å². The average molecular weight is 268 g/mol. The molecule has 3 heteroatoms. The van der Waals surface area contributed by atoms with E-state index < -0.39 is 0 Å². The third-order valence-corrected chi connectivity index (χ3v) is 3.39. The van der Waals surface area contributed by atoms with Gasteiger partial charge in [0.05, 0.1) is 0 Å². The van der Waals surface area contributed by atoms with E-state index in [2.05, 4.69) is 28.5 Å². The van der Waals surface area contributed by atoms with Gasteiger partial charge in [-0.3, -0.25) is 0 Å². The van der Waals surface area contributed by atoms with Crippen LogP contribution in [0, 0.1) is 6.92 Å². The third-order valence-electron chi connectivity index (χ3n) is 3.39. The first-order valence-electron chi connectivity index (χ1n) is 7.17. The van der Waals surface area contributed by atoms with E-state index in [0.717, 1.165) is 23.8 Å². The fraction of sp³-hybridized carbons (Fsp3) is 0.353. The summed E-state index contributed by atoms with van der Waals surface area (Å²) in [5, 5.41) is 3.52. The van der Waals surface area contributed by atoms with E-state index in [1.807, 2.05) is 31.2 Å². The Kier molecular flexibility index (Phi) is 3.97. The van der Waals surface area contributed by atoms with Crippen LogP contribution in [-0.4, -0.2) is 11.0 Å². The summed E-state index contributed by atoms with van der Waals surface area (Å²) in [4.78, 5) is 4.44. The maximum atomic E-state index is 5.80. The van der Waals surface area contributed by atoms with Crippen LogP contribution in [0.4, 0.5) is 0 Å². The molecule has 2 aromatic rings. The van der Waals surface area contributed by atoms with E-state index >= 15 is 0 Å². The molecule has 1 fully saturated rings. The van der Waals surface area contributed by atoms with Crippen LogP contribution < -0.4 is 10.1 Å². The Morgan fingerprint density at radius 3 is 2.70 bits per heavy atom. The minimum Gasteiger partial charge on any atom is -0.473 e. The van der Waals surface area contributed by atoms with Gasteiger partial charge in [-0.1, -0.05) is 30.3 Å². The maximum Gasteiger partial charge on any atom is 0.214 e. The molecule has 0 radical (unpaired) electrons. The minimum atomic E-state index is 0.562. The molecule has 1 heterocycles. The lowest BCUT2D eigenvalue weighted by Crippen LogP contribution is -2.15. The predicted molar refractivity (Wildman–Crippen MR) is 79.6 cm³/mol. The van der Waals surface area contributed by atoms with Gasteiger partial charge in [0.1, 0.15) is 6.61 Å². The largest absolute Gasteiger partial charge is 0.473 e. The molecule has 0 amide bonds. The summed E-state index contributed by atoms with van der Waals surface area (Å²) in [7, 11) is 0. The van der Waals surface area contributed by atoms with Gasteiger partial charge in [0.25, 0.3) is 0 Å². The van der Waals surface area contributed by atoms with Gasteiger partial charge in [-0.2, -0.15) is 0 Å². The van der Waals surface area contributed by atoms with Crippen LogP contribution in [0.15, 0.2) is 42.5 Å². The number of hydrogen-bond donors (Lipinski definition) is 1. The Balaban J connectivity index is 1.62. The molecule has 20 heavy (non-hydrogen) atoms. The first-order valence-corrected chi connectivity index (χ1v) is 7.17. The zero-order valence-electron chi connectivity index (χ0n) is 11.8. The molecule has 1 aliphatic rings. The summed E-state index contributed by atoms with van der Waals surface area (Å²) in [5.41, 5.74) is 3.41. The number of aromatic nitrogens is 1. The quantitative estimate of drug-likeness (QED) is 0.873. The lowest BCUT2D eigenvalue weighted by atomic mass is 10.2. The molecule has 1 N–H and O–H groups in total. The van der Waals surface area contributed by atoms with Gasteiger partial charge < -0.3 is 10.1 Å². The molecule has 0 aliphatic heterocycles. The highest BCUT2D eigenvalue weighted by Gasteiger charge is 2.20. The Hall–Kier alpha value is -1.87. The van der Waals surface area contributed by atoms with Crippen LogP contribution in [0.2, 0.25) is 0 Å². The molecular formula is C17H20N2O. The van der Waals surface area contributed by atoms with Gasteiger partial charge in [0.2, 0.25) is 5.88 Å². The van der Waals surface area contributed by atoms with Crippen LogP contribution in [0.1, 0.15) is 29.7 Å². The van der Waals surface area contributed by atoms with Gasteiger partial charge in [0.15, 0.2) is 0 Å². The van der Waals surface area contributed by atoms with Gasteiger partial charge in [0, 0.05) is 24.3 Å². The standard InChI is InChI=1S/C17H20N2O/c1-13-9-15(11-18-16-7-8-16)10-17(19-13)20-12-14-5-3-2-4-6-14/h2-6,9-10,16,18H,7-8,11-12H2,1H3. The molecule has 0 atom stereocenters. The summed E-state index contributed by atoms with van der Waals surface area (Å²) in [6.45, 7) is 3.47. The van der Waals surface area contributed by atoms with Gasteiger partial charge in [-0.25, -0.2) is 4.98 Å². The molecule has 3 nitrogen and oxygen atoms in total. The minimum absolute atomic E-state index is 0.562. The van der Waals surface area contributed by atoms with Gasteiger partial charge in [-0.15, -0.1) is 0 Å². The number of rotatable bonds is 6. The van der Waals surface area contributed by atoms with Crippen molar-refractivity contribution < 1.29 is 4.74 Å². The molecular weight excluding hydrogens is 248 g/mol. The zero-order valence-corrected chi connectivity index (χ0v) is 11.8. The third kappa shape index (κ3) is 3.81. The Morgan fingerprint density at radius 1 is 1.15 bits per heavy atom. The van der Waals surface area contributed by atoms with Crippen molar-refractivity contribution in [3.63, 3.8) is 0 Å². The highest BCUT2D eigenvalue weighted by molar-refractivity contribution is 5.25. The van der Waals surface area contributed by atoms with E-state index in [1.165, 1.54) is 18.4 Å². The molecule has 0 saturated heterocycles. The second kappa shape index (κ2) is 6.06. The zero-order chi connectivity index (χ0) is 13.8. The van der Waals surface area contributed by atoms with Crippen molar-refractivity contribution in [1.29, 1.82) is 0 Å². The lowest BCUT2D eigenvalue weighted by molar-refractivity contribution is 0.293. The van der Waals surface area contributed by atoms with E-state index in [-0.39, 0.29) is 0 Å². The van der Waals surface area contributed by atoms with Crippen LogP contribution in [0.25, 0.3) is 0 Å². The first-order chi connectivity index (χ1) is 9.79. The number of aryl methyl sites for hydroxylation is 1. The highest BCUT2D eigenvalue weighted by atomic mass is 16.5. The summed E-state index contributed by atoms with van der Waals surface area (Å²) in [6, 6.07) is 15.0. The van der Waals surface area contributed by atoms with Crippen LogP contribution >= 0.6 is 0 Å². The van der Waals surface area contributed by atoms with Crippen molar-refractivity contribution in [2.75, 3.05) is 0 Å². The van der Waals surface area contributed by atoms with Crippen molar-refractivity contribution in [3.05, 3.63) is 59.3 Å². The molecule has 1 saturated carbocycles. The molecule has 0 bridgehead atoms. The van der Waals surface area contributed by atoms with Crippen molar-refractivity contribution >= 4 is 0 Å². The first kappa shape index (κ1) is 13.1. The van der Waals surface area contributed by atoms with E-state index in [9.17, 15) is 0 Å². The monoisotopic (exact) mass is 268 g/mol. The maximum absolute atomic E-state index is 5.80. The van der Waals surface area contributed by atoms with Crippen LogP contribution in [-0.2, 0) is 13.2 Å². The highest BCUT2D eigenvalue weighted by Crippen LogP contribution is 2.20. The van der Waals surface area contributed by atoms with E-state index in [0.29, 0.717) is 12.5 Å². The average Bonchev–Trinajstić information content (AvgIpc) is 3.28. The predicted octanol–water partition coefficient (Wildman–Crippen LogP) is 3.22. The van der Waals surface area contributed by atoms with E-state index in [4.69, 9.17) is 4.74 Å². The number of benzene rings is 1. The number of nitrogens with zero attached hydrogens (tertiary/aromatic N) is 1. The SMILES string of the molecule is Cc1cc(CNC2CC2)cc(OCc2ccccc2)n1. The molecule has 1 aromatic heterocycles. The number of ether oxygens (including phenoxy) is 1. The second-order valence-electron chi connectivity index (χ2n) is 5.38. The summed E-state index contributed by atoms with van der Waals surface area (Å²) in [5.74, 6) is 0.710. The fourth-order valence-corrected chi connectivity index (χ4v) is 2.16. The smallest absolute Gasteiger partial charge is 0.214 e. The normalized spacial score (nSPS) is 14.2. The second-order valence-corrected chi connectivity index (χ2v) is 5.38. The van der Waals surface area contributed by atoms with Gasteiger partial charge >= 0.3 is 0 Å². The number of nitrogens with one attached hydrogen (secondary N) is 1. The van der Waals surface area contributed by atoms with E-state index in [1.54, 1.807) is 0 Å². The number of pyridine rings is 1. The van der Waals surface area contributed by atoms with Crippen molar-refractivity contribution in [3.8, 4) is 5.88 Å². The molecule has 104 valence electrons. The van der Waals surface area contributed by atoms with Gasteiger partial charge in [-0.05, 0) is 37.0 Å². The Labute approximate surface area is 120 Å². The Morgan fingerprint density at radius 2 is 1.95 bits per heavy atom. The van der Waals surface area contributed by atoms with Crippen LogP contribution in [0.3, 0.4) is 0 Å². The molecule has 0 unspecified atom stereocenters.